The van der Waals surface area contributed by atoms with Gasteiger partial charge in [-0.05, 0) is 84.3 Å². The topological polar surface area (TPSA) is 87.3 Å². The Morgan fingerprint density at radius 2 is 1.46 bits per heavy atom. The van der Waals surface area contributed by atoms with E-state index in [4.69, 9.17) is 11.6 Å². The Hall–Kier alpha value is -4.63. The average Bonchev–Trinajstić information content (AvgIpc) is 3.06. The lowest BCUT2D eigenvalue weighted by Crippen LogP contribution is -2.30. The molecule has 0 aliphatic rings. The Morgan fingerprint density at radius 3 is 2.17 bits per heavy atom. The first-order valence-corrected chi connectivity index (χ1v) is 16.3. The van der Waals surface area contributed by atoms with Crippen LogP contribution in [0.1, 0.15) is 32.3 Å². The number of aryl methyl sites for hydroxylation is 1. The SMILES string of the molecule is Cc1ccc(NC(=O)C(Sc2cccc(NC(=O)/C(=C\c3cccc(Br)c3)NC(=O)c3ccccc3)c2)c2ccccc2)cc1Cl. The molecule has 1 unspecified atom stereocenters. The summed E-state index contributed by atoms with van der Waals surface area (Å²) in [6.07, 6.45) is 1.62. The standard InChI is InChI=1S/C37H29BrClN3O3S/c1-24-18-19-30(23-32(24)39)41-37(45)34(26-11-4-2-5-12-26)46-31-17-9-16-29(22-31)40-36(44)33(21-25-10-8-15-28(38)20-25)42-35(43)27-13-6-3-7-14-27/h2-23,34H,1H3,(H,40,44)(H,41,45)(H,42,43)/b33-21+. The van der Waals surface area contributed by atoms with Crippen LogP contribution in [0, 0.1) is 6.92 Å². The monoisotopic (exact) mass is 709 g/mol. The minimum atomic E-state index is -0.593. The number of carbonyl (C=O) groups is 3. The smallest absolute Gasteiger partial charge is 0.272 e. The van der Waals surface area contributed by atoms with Gasteiger partial charge in [0.1, 0.15) is 10.9 Å². The van der Waals surface area contributed by atoms with Gasteiger partial charge < -0.3 is 16.0 Å². The van der Waals surface area contributed by atoms with Crippen LogP contribution in [0.15, 0.2) is 142 Å². The molecule has 3 N–H and O–H groups in total. The van der Waals surface area contributed by atoms with Crippen molar-refractivity contribution in [2.24, 2.45) is 0 Å². The van der Waals surface area contributed by atoms with Crippen LogP contribution in [0.2, 0.25) is 5.02 Å². The molecule has 0 saturated heterocycles. The van der Waals surface area contributed by atoms with Gasteiger partial charge >= 0.3 is 0 Å². The maximum Gasteiger partial charge on any atom is 0.272 e. The van der Waals surface area contributed by atoms with E-state index in [1.807, 2.05) is 85.8 Å². The quantitative estimate of drug-likeness (QED) is 0.0996. The molecule has 9 heteroatoms. The molecule has 6 nitrogen and oxygen atoms in total. The Labute approximate surface area is 285 Å². The van der Waals surface area contributed by atoms with Crippen molar-refractivity contribution in [3.63, 3.8) is 0 Å². The van der Waals surface area contributed by atoms with E-state index >= 15 is 0 Å². The minimum absolute atomic E-state index is 0.0725. The van der Waals surface area contributed by atoms with Crippen molar-refractivity contribution >= 4 is 74.5 Å². The number of thioether (sulfide) groups is 1. The first-order chi connectivity index (χ1) is 22.2. The van der Waals surface area contributed by atoms with Gasteiger partial charge in [0.2, 0.25) is 5.91 Å². The van der Waals surface area contributed by atoms with Crippen molar-refractivity contribution < 1.29 is 14.4 Å². The second-order valence-electron chi connectivity index (χ2n) is 10.3. The number of halogens is 2. The van der Waals surface area contributed by atoms with Crippen LogP contribution in [-0.2, 0) is 9.59 Å². The van der Waals surface area contributed by atoms with Gasteiger partial charge in [-0.1, -0.05) is 100 Å². The molecule has 5 rings (SSSR count). The first kappa shape index (κ1) is 32.8. The number of carbonyl (C=O) groups excluding carboxylic acids is 3. The third-order valence-corrected chi connectivity index (χ3v) is 8.96. The Kier molecular flexibility index (Phi) is 11.1. The number of anilines is 2. The molecule has 5 aromatic rings. The van der Waals surface area contributed by atoms with Gasteiger partial charge in [-0.15, -0.1) is 11.8 Å². The Balaban J connectivity index is 1.38. The Morgan fingerprint density at radius 1 is 0.761 bits per heavy atom. The summed E-state index contributed by atoms with van der Waals surface area (Å²) in [5.74, 6) is -1.12. The van der Waals surface area contributed by atoms with Crippen molar-refractivity contribution in [1.82, 2.24) is 5.32 Å². The zero-order valence-electron chi connectivity index (χ0n) is 24.7. The highest BCUT2D eigenvalue weighted by Crippen LogP contribution is 2.37. The van der Waals surface area contributed by atoms with E-state index < -0.39 is 17.1 Å². The summed E-state index contributed by atoms with van der Waals surface area (Å²) >= 11 is 11.1. The molecule has 0 aromatic heterocycles. The lowest BCUT2D eigenvalue weighted by molar-refractivity contribution is -0.116. The van der Waals surface area contributed by atoms with Gasteiger partial charge in [-0.25, -0.2) is 0 Å². The third kappa shape index (κ3) is 8.97. The van der Waals surface area contributed by atoms with Crippen LogP contribution in [-0.4, -0.2) is 17.7 Å². The molecule has 1 atom stereocenters. The van der Waals surface area contributed by atoms with E-state index in [1.54, 1.807) is 54.6 Å². The van der Waals surface area contributed by atoms with Crippen LogP contribution < -0.4 is 16.0 Å². The molecule has 0 fully saturated rings. The van der Waals surface area contributed by atoms with E-state index in [1.165, 1.54) is 11.8 Å². The highest BCUT2D eigenvalue weighted by molar-refractivity contribution is 9.10. The molecule has 3 amide bonds. The van der Waals surface area contributed by atoms with Crippen molar-refractivity contribution in [2.45, 2.75) is 17.1 Å². The van der Waals surface area contributed by atoms with Crippen LogP contribution >= 0.6 is 39.3 Å². The molecule has 0 aliphatic carbocycles. The van der Waals surface area contributed by atoms with Gasteiger partial charge in [0.25, 0.3) is 11.8 Å². The zero-order chi connectivity index (χ0) is 32.5. The molecule has 0 aliphatic heterocycles. The predicted molar refractivity (Wildman–Crippen MR) is 191 cm³/mol. The van der Waals surface area contributed by atoms with Gasteiger partial charge in [-0.3, -0.25) is 14.4 Å². The highest BCUT2D eigenvalue weighted by atomic mass is 79.9. The van der Waals surface area contributed by atoms with Crippen LogP contribution in [0.25, 0.3) is 6.08 Å². The van der Waals surface area contributed by atoms with Crippen LogP contribution in [0.3, 0.4) is 0 Å². The number of hydrogen-bond donors (Lipinski definition) is 3. The number of amides is 3. The van der Waals surface area contributed by atoms with E-state index in [0.717, 1.165) is 26.1 Å². The zero-order valence-corrected chi connectivity index (χ0v) is 27.8. The predicted octanol–water partition coefficient (Wildman–Crippen LogP) is 9.29. The lowest BCUT2D eigenvalue weighted by Gasteiger charge is -2.18. The van der Waals surface area contributed by atoms with Crippen molar-refractivity contribution in [1.29, 1.82) is 0 Å². The number of hydrogen-bond acceptors (Lipinski definition) is 4. The third-order valence-electron chi connectivity index (χ3n) is 6.81. The summed E-state index contributed by atoms with van der Waals surface area (Å²) in [6.45, 7) is 1.90. The summed E-state index contributed by atoms with van der Waals surface area (Å²) in [6, 6.07) is 38.2. The van der Waals surface area contributed by atoms with E-state index in [-0.39, 0.29) is 11.6 Å². The molecular formula is C37H29BrClN3O3S. The van der Waals surface area contributed by atoms with E-state index in [0.29, 0.717) is 22.0 Å². The molecular weight excluding hydrogens is 682 g/mol. The molecule has 0 saturated carbocycles. The maximum atomic E-state index is 13.6. The fourth-order valence-corrected chi connectivity index (χ4v) is 6.15. The number of rotatable bonds is 10. The van der Waals surface area contributed by atoms with Gasteiger partial charge in [-0.2, -0.15) is 0 Å². The second-order valence-corrected chi connectivity index (χ2v) is 12.8. The van der Waals surface area contributed by atoms with Gasteiger partial charge in [0.15, 0.2) is 0 Å². The summed E-state index contributed by atoms with van der Waals surface area (Å²) in [5.41, 5.74) is 4.06. The van der Waals surface area contributed by atoms with E-state index in [9.17, 15) is 14.4 Å². The number of nitrogens with one attached hydrogen (secondary N) is 3. The lowest BCUT2D eigenvalue weighted by atomic mass is 10.1. The second kappa shape index (κ2) is 15.6. The number of benzene rings is 5. The van der Waals surface area contributed by atoms with Crippen molar-refractivity contribution in [2.75, 3.05) is 10.6 Å². The summed E-state index contributed by atoms with van der Waals surface area (Å²) in [5, 5.41) is 8.63. The highest BCUT2D eigenvalue weighted by Gasteiger charge is 2.23. The fraction of sp³-hybridized carbons (Fsp3) is 0.0541. The van der Waals surface area contributed by atoms with Gasteiger partial charge in [0.05, 0.1) is 0 Å². The minimum Gasteiger partial charge on any atom is -0.325 e. The van der Waals surface area contributed by atoms with Crippen LogP contribution in [0.4, 0.5) is 11.4 Å². The fourth-order valence-electron chi connectivity index (χ4n) is 4.47. The summed E-state index contributed by atoms with van der Waals surface area (Å²) < 4.78 is 0.836. The summed E-state index contributed by atoms with van der Waals surface area (Å²) in [4.78, 5) is 41.0. The van der Waals surface area contributed by atoms with Crippen molar-refractivity contribution in [3.8, 4) is 0 Å². The first-order valence-electron chi connectivity index (χ1n) is 14.3. The van der Waals surface area contributed by atoms with Crippen LogP contribution in [0.5, 0.6) is 0 Å². The normalized spacial score (nSPS) is 11.8. The largest absolute Gasteiger partial charge is 0.325 e. The average molecular weight is 711 g/mol. The molecule has 5 aromatic carbocycles. The Bertz CT molecular complexity index is 1900. The molecule has 0 heterocycles. The molecule has 46 heavy (non-hydrogen) atoms. The van der Waals surface area contributed by atoms with E-state index in [2.05, 4.69) is 31.9 Å². The molecule has 0 radical (unpaired) electrons. The van der Waals surface area contributed by atoms with Gasteiger partial charge in [0, 0.05) is 31.3 Å². The molecule has 0 bridgehead atoms. The molecule has 0 spiro atoms. The summed E-state index contributed by atoms with van der Waals surface area (Å²) in [7, 11) is 0. The maximum absolute atomic E-state index is 13.6. The molecule has 230 valence electrons. The van der Waals surface area contributed by atoms with Crippen molar-refractivity contribution in [3.05, 3.63) is 165 Å².